The van der Waals surface area contributed by atoms with E-state index in [9.17, 15) is 14.7 Å². The Kier molecular flexibility index (Phi) is 5.34. The minimum absolute atomic E-state index is 0.0469. The topological polar surface area (TPSA) is 81.7 Å². The van der Waals surface area contributed by atoms with E-state index in [1.54, 1.807) is 0 Å². The van der Waals surface area contributed by atoms with Crippen LogP contribution in [0.15, 0.2) is 30.3 Å². The highest BCUT2D eigenvalue weighted by Gasteiger charge is 2.53. The lowest BCUT2D eigenvalue weighted by atomic mass is 9.74. The number of hydrogen-bond acceptors (Lipinski definition) is 3. The van der Waals surface area contributed by atoms with Crippen molar-refractivity contribution in [3.05, 3.63) is 35.9 Å². The average Bonchev–Trinajstić information content (AvgIpc) is 3.40. The molecule has 3 amide bonds. The molecule has 1 aliphatic heterocycles. The van der Waals surface area contributed by atoms with Crippen molar-refractivity contribution in [3.8, 4) is 0 Å². The van der Waals surface area contributed by atoms with Gasteiger partial charge in [-0.3, -0.25) is 4.79 Å². The summed E-state index contributed by atoms with van der Waals surface area (Å²) in [4.78, 5) is 26.9. The molecule has 3 atom stereocenters. The largest absolute Gasteiger partial charge is 0.394 e. The van der Waals surface area contributed by atoms with Crippen LogP contribution < -0.4 is 10.6 Å². The third kappa shape index (κ3) is 3.81. The van der Waals surface area contributed by atoms with Crippen LogP contribution in [0.1, 0.15) is 50.0 Å². The highest BCUT2D eigenvalue weighted by atomic mass is 16.3. The third-order valence-electron chi connectivity index (χ3n) is 6.26. The maximum Gasteiger partial charge on any atom is 0.315 e. The van der Waals surface area contributed by atoms with Crippen molar-refractivity contribution in [1.82, 2.24) is 15.5 Å². The van der Waals surface area contributed by atoms with E-state index in [0.717, 1.165) is 31.2 Å². The molecule has 2 saturated carbocycles. The number of benzene rings is 1. The van der Waals surface area contributed by atoms with E-state index in [1.165, 1.54) is 12.8 Å². The molecule has 3 aliphatic rings. The van der Waals surface area contributed by atoms with Crippen molar-refractivity contribution >= 4 is 11.9 Å². The Balaban J connectivity index is 1.44. The molecular formula is C21H29N3O3. The molecule has 1 heterocycles. The summed E-state index contributed by atoms with van der Waals surface area (Å²) in [5, 5.41) is 15.9. The van der Waals surface area contributed by atoms with Crippen LogP contribution in [0.5, 0.6) is 0 Å². The molecule has 146 valence electrons. The number of nitrogens with zero attached hydrogens (tertiary/aromatic N) is 1. The SMILES string of the molecule is O=C(NC[C@@H]1[C@H](c2ccccc2)[C@H](CO)N1C(=O)C1CC1)NC1CCCC1. The fourth-order valence-corrected chi connectivity index (χ4v) is 4.67. The normalized spacial score (nSPS) is 27.9. The second-order valence-electron chi connectivity index (χ2n) is 8.11. The molecule has 3 N–H and O–H groups in total. The lowest BCUT2D eigenvalue weighted by Gasteiger charge is -2.55. The number of urea groups is 1. The molecule has 0 spiro atoms. The second kappa shape index (κ2) is 7.89. The van der Waals surface area contributed by atoms with Gasteiger partial charge in [0.2, 0.25) is 5.91 Å². The van der Waals surface area contributed by atoms with Crippen LogP contribution in [0.4, 0.5) is 4.79 Å². The summed E-state index contributed by atoms with van der Waals surface area (Å²) >= 11 is 0. The zero-order valence-corrected chi connectivity index (χ0v) is 15.6. The van der Waals surface area contributed by atoms with Crippen LogP contribution in [0.3, 0.4) is 0 Å². The van der Waals surface area contributed by atoms with Crippen LogP contribution in [-0.2, 0) is 4.79 Å². The monoisotopic (exact) mass is 371 g/mol. The second-order valence-corrected chi connectivity index (χ2v) is 8.11. The molecule has 6 heteroatoms. The van der Waals surface area contributed by atoms with Crippen LogP contribution in [-0.4, -0.2) is 53.2 Å². The summed E-state index contributed by atoms with van der Waals surface area (Å²) in [7, 11) is 0. The third-order valence-corrected chi connectivity index (χ3v) is 6.26. The maximum absolute atomic E-state index is 12.8. The summed E-state index contributed by atoms with van der Waals surface area (Å²) < 4.78 is 0. The lowest BCUT2D eigenvalue weighted by Crippen LogP contribution is -2.69. The van der Waals surface area contributed by atoms with Crippen molar-refractivity contribution in [2.24, 2.45) is 5.92 Å². The predicted octanol–water partition coefficient (Wildman–Crippen LogP) is 1.99. The van der Waals surface area contributed by atoms with E-state index in [0.29, 0.717) is 6.54 Å². The summed E-state index contributed by atoms with van der Waals surface area (Å²) in [6.45, 7) is 0.357. The van der Waals surface area contributed by atoms with Crippen LogP contribution >= 0.6 is 0 Å². The Morgan fingerprint density at radius 3 is 2.37 bits per heavy atom. The Labute approximate surface area is 160 Å². The van der Waals surface area contributed by atoms with Crippen molar-refractivity contribution in [2.75, 3.05) is 13.2 Å². The summed E-state index contributed by atoms with van der Waals surface area (Å²) in [6, 6.07) is 9.81. The molecule has 1 saturated heterocycles. The van der Waals surface area contributed by atoms with Gasteiger partial charge in [-0.15, -0.1) is 0 Å². The molecule has 2 aliphatic carbocycles. The van der Waals surface area contributed by atoms with Crippen molar-refractivity contribution < 1.29 is 14.7 Å². The van der Waals surface area contributed by atoms with Gasteiger partial charge in [0, 0.05) is 24.4 Å². The average molecular weight is 371 g/mol. The quantitative estimate of drug-likeness (QED) is 0.715. The lowest BCUT2D eigenvalue weighted by molar-refractivity contribution is -0.151. The number of carbonyl (C=O) groups excluding carboxylic acids is 2. The molecule has 0 bridgehead atoms. The summed E-state index contributed by atoms with van der Waals surface area (Å²) in [5.41, 5.74) is 1.11. The van der Waals surface area contributed by atoms with E-state index in [1.807, 2.05) is 35.2 Å². The fraction of sp³-hybridized carbons (Fsp3) is 0.619. The number of aliphatic hydroxyl groups excluding tert-OH is 1. The van der Waals surface area contributed by atoms with Gasteiger partial charge in [-0.05, 0) is 31.2 Å². The first-order valence-corrected chi connectivity index (χ1v) is 10.2. The van der Waals surface area contributed by atoms with Crippen molar-refractivity contribution in [3.63, 3.8) is 0 Å². The maximum atomic E-state index is 12.8. The Hall–Kier alpha value is -2.08. The molecule has 0 radical (unpaired) electrons. The first kappa shape index (κ1) is 18.3. The summed E-state index contributed by atoms with van der Waals surface area (Å²) in [6.07, 6.45) is 6.30. The van der Waals surface area contributed by atoms with E-state index in [2.05, 4.69) is 10.6 Å². The zero-order valence-electron chi connectivity index (χ0n) is 15.6. The van der Waals surface area contributed by atoms with Crippen molar-refractivity contribution in [2.45, 2.75) is 62.6 Å². The highest BCUT2D eigenvalue weighted by molar-refractivity contribution is 5.83. The van der Waals surface area contributed by atoms with Gasteiger partial charge in [-0.1, -0.05) is 43.2 Å². The van der Waals surface area contributed by atoms with Crippen LogP contribution in [0.25, 0.3) is 0 Å². The van der Waals surface area contributed by atoms with Gasteiger partial charge in [0.1, 0.15) is 0 Å². The number of amides is 3. The van der Waals surface area contributed by atoms with Crippen LogP contribution in [0.2, 0.25) is 0 Å². The molecule has 0 aromatic heterocycles. The van der Waals surface area contributed by atoms with E-state index < -0.39 is 0 Å². The number of likely N-dealkylation sites (tertiary alicyclic amines) is 1. The molecule has 1 aromatic rings. The van der Waals surface area contributed by atoms with Gasteiger partial charge in [0.15, 0.2) is 0 Å². The standard InChI is InChI=1S/C21H29N3O3/c25-13-18-19(14-6-2-1-3-7-14)17(24(18)20(26)15-10-11-15)12-22-21(27)23-16-8-4-5-9-16/h1-3,6-7,15-19,25H,4-5,8-13H2,(H2,22,23,27)/t17-,18+,19+/m1/s1. The van der Waals surface area contributed by atoms with E-state index in [-0.39, 0.29) is 48.5 Å². The molecule has 27 heavy (non-hydrogen) atoms. The first-order chi connectivity index (χ1) is 13.2. The number of nitrogens with one attached hydrogen (secondary N) is 2. The van der Waals surface area contributed by atoms with Gasteiger partial charge in [0.05, 0.1) is 18.7 Å². The van der Waals surface area contributed by atoms with Gasteiger partial charge >= 0.3 is 6.03 Å². The molecule has 1 aromatic carbocycles. The Morgan fingerprint density at radius 1 is 1.04 bits per heavy atom. The fourth-order valence-electron chi connectivity index (χ4n) is 4.67. The molecule has 4 rings (SSSR count). The van der Waals surface area contributed by atoms with E-state index >= 15 is 0 Å². The van der Waals surface area contributed by atoms with Gasteiger partial charge in [-0.2, -0.15) is 0 Å². The number of aliphatic hydroxyl groups is 1. The summed E-state index contributed by atoms with van der Waals surface area (Å²) in [5.74, 6) is 0.278. The highest BCUT2D eigenvalue weighted by Crippen LogP contribution is 2.44. The van der Waals surface area contributed by atoms with Crippen LogP contribution in [0, 0.1) is 5.92 Å². The Morgan fingerprint density at radius 2 is 1.74 bits per heavy atom. The number of hydrogen-bond donors (Lipinski definition) is 3. The molecular weight excluding hydrogens is 342 g/mol. The zero-order chi connectivity index (χ0) is 18.8. The van der Waals surface area contributed by atoms with Gasteiger partial charge < -0.3 is 20.6 Å². The molecule has 3 fully saturated rings. The minimum Gasteiger partial charge on any atom is -0.394 e. The van der Waals surface area contributed by atoms with E-state index in [4.69, 9.17) is 0 Å². The Bertz CT molecular complexity index is 671. The van der Waals surface area contributed by atoms with Gasteiger partial charge in [0.25, 0.3) is 0 Å². The molecule has 0 unspecified atom stereocenters. The smallest absolute Gasteiger partial charge is 0.315 e. The molecule has 6 nitrogen and oxygen atoms in total. The predicted molar refractivity (Wildman–Crippen MR) is 102 cm³/mol. The minimum atomic E-state index is -0.204. The first-order valence-electron chi connectivity index (χ1n) is 10.2. The van der Waals surface area contributed by atoms with Gasteiger partial charge in [-0.25, -0.2) is 4.79 Å². The number of carbonyl (C=O) groups is 2. The van der Waals surface area contributed by atoms with Crippen molar-refractivity contribution in [1.29, 1.82) is 0 Å². The number of rotatable bonds is 6.